The number of carbonyl (C=O) groups excluding carboxylic acids is 2. The molecule has 0 aromatic heterocycles. The standard InChI is InChI=1S/C14H6Br3FO4/c15-6-4-8(16)12(9(17)5-6)22-14(21)11-7(13(19)20)2-1-3-10(11)18/h1-5H,(H,19,20)/p-1. The maximum absolute atomic E-state index is 13.8. The first kappa shape index (κ1) is 17.1. The zero-order valence-corrected chi connectivity index (χ0v) is 15.3. The molecule has 0 spiro atoms. The zero-order chi connectivity index (χ0) is 16.4. The Labute approximate surface area is 149 Å². The van der Waals surface area contributed by atoms with E-state index in [1.807, 2.05) is 0 Å². The molecule has 0 radical (unpaired) electrons. The highest BCUT2D eigenvalue weighted by atomic mass is 79.9. The summed E-state index contributed by atoms with van der Waals surface area (Å²) in [5, 5.41) is 11.0. The number of halogens is 4. The highest BCUT2D eigenvalue weighted by Crippen LogP contribution is 2.37. The minimum Gasteiger partial charge on any atom is -0.545 e. The maximum Gasteiger partial charge on any atom is 0.347 e. The maximum atomic E-state index is 13.8. The van der Waals surface area contributed by atoms with E-state index in [1.54, 1.807) is 12.1 Å². The molecule has 2 aromatic rings. The molecule has 0 amide bonds. The van der Waals surface area contributed by atoms with Crippen LogP contribution in [-0.4, -0.2) is 11.9 Å². The van der Waals surface area contributed by atoms with Crippen molar-refractivity contribution in [1.29, 1.82) is 0 Å². The number of esters is 1. The zero-order valence-electron chi connectivity index (χ0n) is 10.5. The summed E-state index contributed by atoms with van der Waals surface area (Å²) in [4.78, 5) is 23.1. The molecule has 2 aromatic carbocycles. The Morgan fingerprint density at radius 2 is 1.68 bits per heavy atom. The summed E-state index contributed by atoms with van der Waals surface area (Å²) in [7, 11) is 0. The average molecular weight is 496 g/mol. The molecular weight excluding hydrogens is 491 g/mol. The smallest absolute Gasteiger partial charge is 0.347 e. The third kappa shape index (κ3) is 3.56. The van der Waals surface area contributed by atoms with Gasteiger partial charge in [0.2, 0.25) is 0 Å². The van der Waals surface area contributed by atoms with Gasteiger partial charge in [-0.15, -0.1) is 0 Å². The quantitative estimate of drug-likeness (QED) is 0.481. The molecule has 0 bridgehead atoms. The first-order chi connectivity index (χ1) is 10.3. The van der Waals surface area contributed by atoms with E-state index >= 15 is 0 Å². The lowest BCUT2D eigenvalue weighted by Gasteiger charge is -2.13. The van der Waals surface area contributed by atoms with Gasteiger partial charge in [0, 0.05) is 10.0 Å². The molecule has 0 atom stereocenters. The second kappa shape index (κ2) is 6.89. The molecule has 0 unspecified atom stereocenters. The van der Waals surface area contributed by atoms with Gasteiger partial charge >= 0.3 is 5.97 Å². The van der Waals surface area contributed by atoms with Crippen LogP contribution >= 0.6 is 47.8 Å². The van der Waals surface area contributed by atoms with E-state index in [1.165, 1.54) is 6.07 Å². The van der Waals surface area contributed by atoms with Crippen molar-refractivity contribution in [2.75, 3.05) is 0 Å². The van der Waals surface area contributed by atoms with E-state index in [-0.39, 0.29) is 5.75 Å². The fourth-order valence-corrected chi connectivity index (χ4v) is 4.09. The minimum absolute atomic E-state index is 0.0979. The van der Waals surface area contributed by atoms with Gasteiger partial charge in [-0.3, -0.25) is 0 Å². The molecular formula is C14H5Br3FO4-. The summed E-state index contributed by atoms with van der Waals surface area (Å²) >= 11 is 9.66. The second-order valence-electron chi connectivity index (χ2n) is 4.04. The Bertz CT molecular complexity index is 754. The molecule has 8 heteroatoms. The summed E-state index contributed by atoms with van der Waals surface area (Å²) < 4.78 is 20.5. The van der Waals surface area contributed by atoms with Crippen LogP contribution in [0.25, 0.3) is 0 Å². The first-order valence-corrected chi connectivity index (χ1v) is 8.05. The van der Waals surface area contributed by atoms with Crippen molar-refractivity contribution in [1.82, 2.24) is 0 Å². The number of aromatic carboxylic acids is 1. The summed E-state index contributed by atoms with van der Waals surface area (Å²) in [5.41, 5.74) is -1.27. The third-order valence-corrected chi connectivity index (χ3v) is 4.23. The van der Waals surface area contributed by atoms with Crippen molar-refractivity contribution in [2.45, 2.75) is 0 Å². The largest absolute Gasteiger partial charge is 0.545 e. The lowest BCUT2D eigenvalue weighted by atomic mass is 10.1. The first-order valence-electron chi connectivity index (χ1n) is 5.68. The molecule has 114 valence electrons. The SMILES string of the molecule is O=C([O-])c1cccc(F)c1C(=O)Oc1c(Br)cc(Br)cc1Br. The van der Waals surface area contributed by atoms with Gasteiger partial charge in [-0.2, -0.15) is 0 Å². The predicted molar refractivity (Wildman–Crippen MR) is 85.2 cm³/mol. The van der Waals surface area contributed by atoms with Crippen LogP contribution in [-0.2, 0) is 0 Å². The van der Waals surface area contributed by atoms with Crippen molar-refractivity contribution in [2.24, 2.45) is 0 Å². The molecule has 22 heavy (non-hydrogen) atoms. The molecule has 0 saturated heterocycles. The van der Waals surface area contributed by atoms with Gasteiger partial charge < -0.3 is 14.6 Å². The molecule has 0 heterocycles. The fourth-order valence-electron chi connectivity index (χ4n) is 1.67. The number of rotatable bonds is 3. The van der Waals surface area contributed by atoms with Crippen LogP contribution in [0, 0.1) is 5.82 Å². The van der Waals surface area contributed by atoms with E-state index in [9.17, 15) is 19.1 Å². The molecule has 0 aliphatic rings. The second-order valence-corrected chi connectivity index (χ2v) is 6.66. The monoisotopic (exact) mass is 493 g/mol. The van der Waals surface area contributed by atoms with Crippen LogP contribution < -0.4 is 9.84 Å². The molecule has 0 N–H and O–H groups in total. The predicted octanol–water partition coefficient (Wildman–Crippen LogP) is 3.70. The van der Waals surface area contributed by atoms with Crippen molar-refractivity contribution in [3.8, 4) is 5.75 Å². The van der Waals surface area contributed by atoms with Gasteiger partial charge in [0.1, 0.15) is 11.4 Å². The van der Waals surface area contributed by atoms with Gasteiger partial charge in [-0.05, 0) is 50.1 Å². The normalized spacial score (nSPS) is 10.4. The molecule has 0 aliphatic heterocycles. The van der Waals surface area contributed by atoms with Gasteiger partial charge in [0.15, 0.2) is 5.75 Å². The Morgan fingerprint density at radius 1 is 1.09 bits per heavy atom. The van der Waals surface area contributed by atoms with E-state index in [4.69, 9.17) is 4.74 Å². The number of hydrogen-bond donors (Lipinski definition) is 0. The van der Waals surface area contributed by atoms with Gasteiger partial charge in [0.05, 0.1) is 14.9 Å². The Morgan fingerprint density at radius 3 is 2.23 bits per heavy atom. The lowest BCUT2D eigenvalue weighted by molar-refractivity contribution is -0.255. The van der Waals surface area contributed by atoms with E-state index in [0.717, 1.165) is 12.1 Å². The fraction of sp³-hybridized carbons (Fsp3) is 0. The van der Waals surface area contributed by atoms with Crippen LogP contribution in [0.15, 0.2) is 43.7 Å². The molecule has 0 saturated carbocycles. The van der Waals surface area contributed by atoms with Crippen molar-refractivity contribution >= 4 is 59.7 Å². The molecule has 0 aliphatic carbocycles. The van der Waals surface area contributed by atoms with Crippen LogP contribution in [0.3, 0.4) is 0 Å². The van der Waals surface area contributed by atoms with E-state index < -0.39 is 28.9 Å². The summed E-state index contributed by atoms with van der Waals surface area (Å²) in [6.45, 7) is 0. The highest BCUT2D eigenvalue weighted by Gasteiger charge is 2.21. The van der Waals surface area contributed by atoms with E-state index in [0.29, 0.717) is 13.4 Å². The Hall–Kier alpha value is -1.25. The van der Waals surface area contributed by atoms with Gasteiger partial charge in [-0.25, -0.2) is 9.18 Å². The van der Waals surface area contributed by atoms with Crippen molar-refractivity contribution < 1.29 is 23.8 Å². The van der Waals surface area contributed by atoms with E-state index in [2.05, 4.69) is 47.8 Å². The number of benzene rings is 2. The van der Waals surface area contributed by atoms with Gasteiger partial charge in [0.25, 0.3) is 0 Å². The number of carboxylic acid groups (broad SMARTS) is 1. The van der Waals surface area contributed by atoms with Crippen LogP contribution in [0.1, 0.15) is 20.7 Å². The number of carboxylic acids is 1. The lowest BCUT2D eigenvalue weighted by Crippen LogP contribution is -2.27. The topological polar surface area (TPSA) is 66.4 Å². The van der Waals surface area contributed by atoms with Crippen molar-refractivity contribution in [3.63, 3.8) is 0 Å². The average Bonchev–Trinajstić information content (AvgIpc) is 2.42. The molecule has 0 fully saturated rings. The number of carbonyl (C=O) groups is 2. The third-order valence-electron chi connectivity index (χ3n) is 2.60. The Balaban J connectivity index is 2.45. The summed E-state index contributed by atoms with van der Waals surface area (Å²) in [6, 6.07) is 6.45. The molecule has 2 rings (SSSR count). The van der Waals surface area contributed by atoms with Crippen LogP contribution in [0.4, 0.5) is 4.39 Å². The number of hydrogen-bond acceptors (Lipinski definition) is 4. The number of ether oxygens (including phenoxy) is 1. The highest BCUT2D eigenvalue weighted by molar-refractivity contribution is 9.11. The van der Waals surface area contributed by atoms with Gasteiger partial charge in [-0.1, -0.05) is 28.1 Å². The summed E-state index contributed by atoms with van der Waals surface area (Å²) in [6.07, 6.45) is 0. The van der Waals surface area contributed by atoms with Crippen molar-refractivity contribution in [3.05, 3.63) is 60.7 Å². The summed E-state index contributed by atoms with van der Waals surface area (Å²) in [5.74, 6) is -3.71. The minimum atomic E-state index is -1.67. The van der Waals surface area contributed by atoms with Crippen LogP contribution in [0.5, 0.6) is 5.75 Å². The Kier molecular flexibility index (Phi) is 5.36. The molecule has 4 nitrogen and oxygen atoms in total. The van der Waals surface area contributed by atoms with Crippen LogP contribution in [0.2, 0.25) is 0 Å².